The molecule has 0 aliphatic carbocycles. The first-order valence-electron chi connectivity index (χ1n) is 8.72. The third kappa shape index (κ3) is 4.89. The van der Waals surface area contributed by atoms with Gasteiger partial charge in [-0.25, -0.2) is 4.79 Å². The van der Waals surface area contributed by atoms with E-state index >= 15 is 0 Å². The Morgan fingerprint density at radius 2 is 1.93 bits per heavy atom. The van der Waals surface area contributed by atoms with Gasteiger partial charge in [0.2, 0.25) is 11.9 Å². The van der Waals surface area contributed by atoms with Gasteiger partial charge < -0.3 is 19.5 Å². The molecular formula is C20H18N2O7. The molecule has 0 saturated carbocycles. The van der Waals surface area contributed by atoms with Crippen LogP contribution in [0.2, 0.25) is 0 Å². The van der Waals surface area contributed by atoms with Crippen molar-refractivity contribution in [2.24, 2.45) is 0 Å². The Balaban J connectivity index is 1.86. The van der Waals surface area contributed by atoms with Gasteiger partial charge in [-0.3, -0.25) is 14.9 Å². The Bertz CT molecular complexity index is 957. The number of nitrogens with one attached hydrogen (secondary N) is 1. The Labute approximate surface area is 166 Å². The van der Waals surface area contributed by atoms with Gasteiger partial charge in [0.05, 0.1) is 4.92 Å². The molecule has 9 heteroatoms. The largest absolute Gasteiger partial charge is 0.493 e. The highest BCUT2D eigenvalue weighted by Crippen LogP contribution is 2.28. The van der Waals surface area contributed by atoms with Crippen molar-refractivity contribution in [1.29, 1.82) is 0 Å². The second kappa shape index (κ2) is 8.87. The van der Waals surface area contributed by atoms with E-state index < -0.39 is 22.9 Å². The van der Waals surface area contributed by atoms with Crippen LogP contribution in [0.25, 0.3) is 0 Å². The van der Waals surface area contributed by atoms with E-state index in [2.05, 4.69) is 5.32 Å². The third-order valence-corrected chi connectivity index (χ3v) is 4.02. The number of nitro groups is 1. The zero-order chi connectivity index (χ0) is 20.8. The summed E-state index contributed by atoms with van der Waals surface area (Å²) in [5, 5.41) is 13.8. The lowest BCUT2D eigenvalue weighted by Crippen LogP contribution is -2.28. The molecule has 1 atom stereocenters. The van der Waals surface area contributed by atoms with E-state index in [1.165, 1.54) is 12.1 Å². The highest BCUT2D eigenvalue weighted by Gasteiger charge is 2.29. The number of nitrogens with zero attached hydrogens (tertiary/aromatic N) is 1. The SMILES string of the molecule is Cc1ccc(NC(=O)[C@@H](OC(=O)C2=COCCO2)c2ccccc2)c([N+](=O)[O-])c1. The summed E-state index contributed by atoms with van der Waals surface area (Å²) in [4.78, 5) is 36.0. The number of hydrogen-bond donors (Lipinski definition) is 1. The predicted molar refractivity (Wildman–Crippen MR) is 102 cm³/mol. The van der Waals surface area contributed by atoms with E-state index in [0.29, 0.717) is 17.7 Å². The van der Waals surface area contributed by atoms with Crippen molar-refractivity contribution in [3.05, 3.63) is 81.8 Å². The summed E-state index contributed by atoms with van der Waals surface area (Å²) in [5.41, 5.74) is 0.801. The molecule has 1 aliphatic rings. The lowest BCUT2D eigenvalue weighted by atomic mass is 10.1. The maximum atomic E-state index is 12.9. The molecule has 0 bridgehead atoms. The maximum Gasteiger partial charge on any atom is 0.378 e. The van der Waals surface area contributed by atoms with Crippen LogP contribution < -0.4 is 5.32 Å². The minimum absolute atomic E-state index is 0.000884. The van der Waals surface area contributed by atoms with Crippen LogP contribution in [-0.2, 0) is 23.8 Å². The van der Waals surface area contributed by atoms with Crippen LogP contribution >= 0.6 is 0 Å². The summed E-state index contributed by atoms with van der Waals surface area (Å²) < 4.78 is 15.6. The minimum Gasteiger partial charge on any atom is -0.493 e. The Morgan fingerprint density at radius 3 is 2.59 bits per heavy atom. The van der Waals surface area contributed by atoms with Gasteiger partial charge in [-0.2, -0.15) is 0 Å². The van der Waals surface area contributed by atoms with Gasteiger partial charge >= 0.3 is 5.97 Å². The van der Waals surface area contributed by atoms with Gasteiger partial charge in [0, 0.05) is 11.6 Å². The molecular weight excluding hydrogens is 380 g/mol. The zero-order valence-corrected chi connectivity index (χ0v) is 15.5. The molecule has 0 fully saturated rings. The number of anilines is 1. The molecule has 1 aliphatic heterocycles. The fourth-order valence-electron chi connectivity index (χ4n) is 2.64. The lowest BCUT2D eigenvalue weighted by Gasteiger charge is -2.20. The molecule has 29 heavy (non-hydrogen) atoms. The van der Waals surface area contributed by atoms with Crippen molar-refractivity contribution >= 4 is 23.3 Å². The lowest BCUT2D eigenvalue weighted by molar-refractivity contribution is -0.384. The number of benzene rings is 2. The van der Waals surface area contributed by atoms with E-state index in [0.717, 1.165) is 6.26 Å². The molecule has 0 radical (unpaired) electrons. The van der Waals surface area contributed by atoms with Crippen molar-refractivity contribution in [2.45, 2.75) is 13.0 Å². The van der Waals surface area contributed by atoms with Crippen molar-refractivity contribution in [2.75, 3.05) is 18.5 Å². The topological polar surface area (TPSA) is 117 Å². The second-order valence-electron chi connectivity index (χ2n) is 6.16. The second-order valence-corrected chi connectivity index (χ2v) is 6.16. The number of amides is 1. The predicted octanol–water partition coefficient (Wildman–Crippen LogP) is 3.01. The normalized spacial score (nSPS) is 13.9. The van der Waals surface area contributed by atoms with Crippen molar-refractivity contribution in [1.82, 2.24) is 0 Å². The molecule has 0 aromatic heterocycles. The fourth-order valence-corrected chi connectivity index (χ4v) is 2.64. The van der Waals surface area contributed by atoms with Crippen LogP contribution in [0.4, 0.5) is 11.4 Å². The fraction of sp³-hybridized carbons (Fsp3) is 0.200. The number of hydrogen-bond acceptors (Lipinski definition) is 7. The monoisotopic (exact) mass is 398 g/mol. The van der Waals surface area contributed by atoms with Crippen LogP contribution in [0.15, 0.2) is 60.6 Å². The number of rotatable bonds is 6. The summed E-state index contributed by atoms with van der Waals surface area (Å²) in [6.07, 6.45) is -0.229. The molecule has 0 unspecified atom stereocenters. The molecule has 1 amide bonds. The molecule has 1 heterocycles. The van der Waals surface area contributed by atoms with Gasteiger partial charge in [-0.15, -0.1) is 0 Å². The number of carbonyl (C=O) groups is 2. The standard InChI is InChI=1S/C20H18N2O7/c1-13-7-8-15(16(11-13)22(25)26)21-19(23)18(14-5-3-2-4-6-14)29-20(24)17-12-27-9-10-28-17/h2-8,11-12,18H,9-10H2,1H3,(H,21,23)/t18-/m0/s1. The number of ether oxygens (including phenoxy) is 3. The molecule has 2 aromatic carbocycles. The molecule has 2 aromatic rings. The van der Waals surface area contributed by atoms with Gasteiger partial charge in [0.15, 0.2) is 0 Å². The summed E-state index contributed by atoms with van der Waals surface area (Å²) in [6.45, 7) is 2.18. The first-order chi connectivity index (χ1) is 14.0. The summed E-state index contributed by atoms with van der Waals surface area (Å²) in [7, 11) is 0. The first-order valence-corrected chi connectivity index (χ1v) is 8.72. The maximum absolute atomic E-state index is 12.9. The Hall–Kier alpha value is -3.88. The number of esters is 1. The number of aryl methyl sites for hydroxylation is 1. The van der Waals surface area contributed by atoms with Gasteiger partial charge in [0.1, 0.15) is 25.2 Å². The third-order valence-electron chi connectivity index (χ3n) is 4.02. The average molecular weight is 398 g/mol. The average Bonchev–Trinajstić information content (AvgIpc) is 2.74. The van der Waals surface area contributed by atoms with Crippen molar-refractivity contribution < 1.29 is 28.7 Å². The minimum atomic E-state index is -1.35. The summed E-state index contributed by atoms with van der Waals surface area (Å²) >= 11 is 0. The molecule has 1 N–H and O–H groups in total. The van der Waals surface area contributed by atoms with Gasteiger partial charge in [-0.05, 0) is 18.6 Å². The Kier molecular flexibility index (Phi) is 6.08. The van der Waals surface area contributed by atoms with Crippen LogP contribution in [-0.4, -0.2) is 30.0 Å². The highest BCUT2D eigenvalue weighted by atomic mass is 16.6. The molecule has 150 valence electrons. The van der Waals surface area contributed by atoms with E-state index in [1.54, 1.807) is 43.3 Å². The van der Waals surface area contributed by atoms with Crippen LogP contribution in [0, 0.1) is 17.0 Å². The van der Waals surface area contributed by atoms with E-state index in [1.807, 2.05) is 0 Å². The highest BCUT2D eigenvalue weighted by molar-refractivity contribution is 5.98. The summed E-state index contributed by atoms with van der Waals surface area (Å²) in [5.74, 6) is -1.78. The summed E-state index contributed by atoms with van der Waals surface area (Å²) in [6, 6.07) is 12.7. The Morgan fingerprint density at radius 1 is 1.17 bits per heavy atom. The van der Waals surface area contributed by atoms with E-state index in [9.17, 15) is 19.7 Å². The van der Waals surface area contributed by atoms with Crippen molar-refractivity contribution in [3.63, 3.8) is 0 Å². The quantitative estimate of drug-likeness (QED) is 0.451. The van der Waals surface area contributed by atoms with E-state index in [4.69, 9.17) is 14.2 Å². The number of carbonyl (C=O) groups excluding carboxylic acids is 2. The molecule has 9 nitrogen and oxygen atoms in total. The smallest absolute Gasteiger partial charge is 0.378 e. The van der Waals surface area contributed by atoms with Crippen LogP contribution in [0.1, 0.15) is 17.2 Å². The number of nitro benzene ring substituents is 1. The van der Waals surface area contributed by atoms with Crippen LogP contribution in [0.5, 0.6) is 0 Å². The van der Waals surface area contributed by atoms with Gasteiger partial charge in [-0.1, -0.05) is 36.4 Å². The van der Waals surface area contributed by atoms with Gasteiger partial charge in [0.25, 0.3) is 11.6 Å². The molecule has 3 rings (SSSR count). The molecule has 0 saturated heterocycles. The van der Waals surface area contributed by atoms with Crippen LogP contribution in [0.3, 0.4) is 0 Å². The van der Waals surface area contributed by atoms with Crippen molar-refractivity contribution in [3.8, 4) is 0 Å². The van der Waals surface area contributed by atoms with E-state index in [-0.39, 0.29) is 23.7 Å². The first kappa shape index (κ1) is 19.9. The zero-order valence-electron chi connectivity index (χ0n) is 15.5. The molecule has 0 spiro atoms.